The summed E-state index contributed by atoms with van der Waals surface area (Å²) in [6, 6.07) is 9.62. The third-order valence-electron chi connectivity index (χ3n) is 2.43. The van der Waals surface area contributed by atoms with E-state index >= 15 is 0 Å². The second-order valence-electron chi connectivity index (χ2n) is 3.45. The normalized spacial score (nSPS) is 10.8. The van der Waals surface area contributed by atoms with Crippen LogP contribution in [-0.2, 0) is 0 Å². The Bertz CT molecular complexity index is 645. The Labute approximate surface area is 91.7 Å². The van der Waals surface area contributed by atoms with E-state index in [9.17, 15) is 0 Å². The van der Waals surface area contributed by atoms with Crippen LogP contribution < -0.4 is 5.73 Å². The fourth-order valence-electron chi connectivity index (χ4n) is 1.70. The lowest BCUT2D eigenvalue weighted by molar-refractivity contribution is 0.617. The SMILES string of the molecule is Nc1nccc(-c2coc3ccccc23)n1. The van der Waals surface area contributed by atoms with Gasteiger partial charge in [-0.15, -0.1) is 0 Å². The van der Waals surface area contributed by atoms with Crippen molar-refractivity contribution in [1.82, 2.24) is 9.97 Å². The van der Waals surface area contributed by atoms with Crippen molar-refractivity contribution in [1.29, 1.82) is 0 Å². The molecule has 0 saturated carbocycles. The molecule has 0 radical (unpaired) electrons. The minimum absolute atomic E-state index is 0.266. The molecule has 0 aliphatic heterocycles. The second kappa shape index (κ2) is 3.34. The molecule has 0 saturated heterocycles. The van der Waals surface area contributed by atoms with Gasteiger partial charge in [-0.2, -0.15) is 0 Å². The van der Waals surface area contributed by atoms with E-state index in [0.29, 0.717) is 0 Å². The van der Waals surface area contributed by atoms with Crippen molar-refractivity contribution in [2.24, 2.45) is 0 Å². The number of hydrogen-bond donors (Lipinski definition) is 1. The molecule has 3 aromatic rings. The van der Waals surface area contributed by atoms with Gasteiger partial charge in [-0.1, -0.05) is 18.2 Å². The Morgan fingerprint density at radius 3 is 2.88 bits per heavy atom. The van der Waals surface area contributed by atoms with Gasteiger partial charge in [0.25, 0.3) is 0 Å². The number of aromatic nitrogens is 2. The lowest BCUT2D eigenvalue weighted by Gasteiger charge is -1.97. The molecule has 2 heterocycles. The first-order chi connectivity index (χ1) is 7.84. The molecule has 0 atom stereocenters. The summed E-state index contributed by atoms with van der Waals surface area (Å²) in [7, 11) is 0. The molecule has 0 fully saturated rings. The summed E-state index contributed by atoms with van der Waals surface area (Å²) in [5, 5.41) is 1.03. The predicted octanol–water partition coefficient (Wildman–Crippen LogP) is 2.47. The average Bonchev–Trinajstić information content (AvgIpc) is 2.72. The van der Waals surface area contributed by atoms with Gasteiger partial charge in [0.1, 0.15) is 11.8 Å². The maximum atomic E-state index is 5.56. The zero-order chi connectivity index (χ0) is 11.0. The Hall–Kier alpha value is -2.36. The molecular weight excluding hydrogens is 202 g/mol. The Morgan fingerprint density at radius 2 is 2.00 bits per heavy atom. The quantitative estimate of drug-likeness (QED) is 0.671. The van der Waals surface area contributed by atoms with Gasteiger partial charge in [0.15, 0.2) is 0 Å². The molecule has 0 amide bonds. The van der Waals surface area contributed by atoms with Crippen molar-refractivity contribution in [2.75, 3.05) is 5.73 Å². The van der Waals surface area contributed by atoms with Crippen LogP contribution in [0, 0.1) is 0 Å². The molecular formula is C12H9N3O. The van der Waals surface area contributed by atoms with E-state index in [-0.39, 0.29) is 5.95 Å². The first kappa shape index (κ1) is 8.91. The van der Waals surface area contributed by atoms with Crippen LogP contribution in [0.3, 0.4) is 0 Å². The van der Waals surface area contributed by atoms with Crippen LogP contribution in [0.1, 0.15) is 0 Å². The second-order valence-corrected chi connectivity index (χ2v) is 3.45. The number of para-hydroxylation sites is 1. The Morgan fingerprint density at radius 1 is 1.12 bits per heavy atom. The summed E-state index contributed by atoms with van der Waals surface area (Å²) in [4.78, 5) is 8.04. The number of hydrogen-bond acceptors (Lipinski definition) is 4. The summed E-state index contributed by atoms with van der Waals surface area (Å²) >= 11 is 0. The van der Waals surface area contributed by atoms with E-state index < -0.39 is 0 Å². The highest BCUT2D eigenvalue weighted by Crippen LogP contribution is 2.28. The lowest BCUT2D eigenvalue weighted by atomic mass is 10.1. The number of benzene rings is 1. The number of furan rings is 1. The molecule has 1 aromatic carbocycles. The Balaban J connectivity index is 2.26. The van der Waals surface area contributed by atoms with Crippen LogP contribution in [0.25, 0.3) is 22.2 Å². The molecule has 3 rings (SSSR count). The summed E-state index contributed by atoms with van der Waals surface area (Å²) in [5.74, 6) is 0.266. The minimum atomic E-state index is 0.266. The minimum Gasteiger partial charge on any atom is -0.464 e. The van der Waals surface area contributed by atoms with E-state index in [2.05, 4.69) is 9.97 Å². The smallest absolute Gasteiger partial charge is 0.220 e. The van der Waals surface area contributed by atoms with Gasteiger partial charge in [-0.25, -0.2) is 9.97 Å². The first-order valence-electron chi connectivity index (χ1n) is 4.90. The topological polar surface area (TPSA) is 64.9 Å². The molecule has 2 N–H and O–H groups in total. The van der Waals surface area contributed by atoms with Crippen molar-refractivity contribution < 1.29 is 4.42 Å². The van der Waals surface area contributed by atoms with Crippen molar-refractivity contribution in [3.8, 4) is 11.3 Å². The summed E-state index contributed by atoms with van der Waals surface area (Å²) in [6.45, 7) is 0. The van der Waals surface area contributed by atoms with Gasteiger partial charge >= 0.3 is 0 Å². The highest BCUT2D eigenvalue weighted by Gasteiger charge is 2.08. The lowest BCUT2D eigenvalue weighted by Crippen LogP contribution is -1.94. The standard InChI is InChI=1S/C12H9N3O/c13-12-14-6-5-10(15-12)9-7-16-11-4-2-1-3-8(9)11/h1-7H,(H2,13,14,15). The van der Waals surface area contributed by atoms with Crippen LogP contribution in [0.2, 0.25) is 0 Å². The van der Waals surface area contributed by atoms with Crippen molar-refractivity contribution in [3.05, 3.63) is 42.8 Å². The van der Waals surface area contributed by atoms with E-state index in [4.69, 9.17) is 10.2 Å². The highest BCUT2D eigenvalue weighted by molar-refractivity contribution is 5.92. The number of nitrogens with two attached hydrogens (primary N) is 1. The molecule has 4 heteroatoms. The highest BCUT2D eigenvalue weighted by atomic mass is 16.3. The van der Waals surface area contributed by atoms with E-state index in [1.54, 1.807) is 12.5 Å². The molecule has 2 aromatic heterocycles. The molecule has 16 heavy (non-hydrogen) atoms. The first-order valence-corrected chi connectivity index (χ1v) is 4.90. The largest absolute Gasteiger partial charge is 0.464 e. The summed E-state index contributed by atoms with van der Waals surface area (Å²) in [6.07, 6.45) is 3.33. The fraction of sp³-hybridized carbons (Fsp3) is 0. The number of fused-ring (bicyclic) bond motifs is 1. The molecule has 0 aliphatic carbocycles. The van der Waals surface area contributed by atoms with Gasteiger partial charge in [0, 0.05) is 17.1 Å². The third kappa shape index (κ3) is 1.32. The third-order valence-corrected chi connectivity index (χ3v) is 2.43. The molecule has 0 spiro atoms. The van der Waals surface area contributed by atoms with E-state index in [0.717, 1.165) is 22.2 Å². The van der Waals surface area contributed by atoms with Crippen LogP contribution in [0.4, 0.5) is 5.95 Å². The number of rotatable bonds is 1. The summed E-state index contributed by atoms with van der Waals surface area (Å²) in [5.41, 5.74) is 8.11. The maximum absolute atomic E-state index is 5.56. The van der Waals surface area contributed by atoms with Gasteiger partial charge in [-0.3, -0.25) is 0 Å². The van der Waals surface area contributed by atoms with Crippen molar-refractivity contribution in [3.63, 3.8) is 0 Å². The summed E-state index contributed by atoms with van der Waals surface area (Å²) < 4.78 is 5.44. The zero-order valence-electron chi connectivity index (χ0n) is 8.42. The van der Waals surface area contributed by atoms with Crippen LogP contribution in [-0.4, -0.2) is 9.97 Å². The van der Waals surface area contributed by atoms with Gasteiger partial charge in [0.05, 0.1) is 5.69 Å². The molecule has 78 valence electrons. The van der Waals surface area contributed by atoms with Crippen molar-refractivity contribution in [2.45, 2.75) is 0 Å². The monoisotopic (exact) mass is 211 g/mol. The van der Waals surface area contributed by atoms with Crippen LogP contribution in [0.15, 0.2) is 47.2 Å². The fourth-order valence-corrected chi connectivity index (χ4v) is 1.70. The zero-order valence-corrected chi connectivity index (χ0v) is 8.42. The average molecular weight is 211 g/mol. The predicted molar refractivity (Wildman–Crippen MR) is 61.7 cm³/mol. The Kier molecular flexibility index (Phi) is 1.86. The van der Waals surface area contributed by atoms with Gasteiger partial charge in [-0.05, 0) is 12.1 Å². The number of nitrogens with zero attached hydrogens (tertiary/aromatic N) is 2. The maximum Gasteiger partial charge on any atom is 0.220 e. The number of nitrogen functional groups attached to an aromatic ring is 1. The van der Waals surface area contributed by atoms with Gasteiger partial charge in [0.2, 0.25) is 5.95 Å². The van der Waals surface area contributed by atoms with Crippen LogP contribution >= 0.6 is 0 Å². The molecule has 0 bridgehead atoms. The van der Waals surface area contributed by atoms with Crippen LogP contribution in [0.5, 0.6) is 0 Å². The molecule has 0 aliphatic rings. The van der Waals surface area contributed by atoms with E-state index in [1.165, 1.54) is 0 Å². The molecule has 0 unspecified atom stereocenters. The molecule has 4 nitrogen and oxygen atoms in total. The van der Waals surface area contributed by atoms with E-state index in [1.807, 2.05) is 30.3 Å². The van der Waals surface area contributed by atoms with Crippen molar-refractivity contribution >= 4 is 16.9 Å². The number of anilines is 1. The van der Waals surface area contributed by atoms with Gasteiger partial charge < -0.3 is 10.2 Å².